The second kappa shape index (κ2) is 5.55. The van der Waals surface area contributed by atoms with Crippen molar-refractivity contribution in [3.63, 3.8) is 0 Å². The van der Waals surface area contributed by atoms with Crippen LogP contribution in [0.4, 0.5) is 11.6 Å². The minimum atomic E-state index is 0.211. The molecule has 2 N–H and O–H groups in total. The summed E-state index contributed by atoms with van der Waals surface area (Å²) in [6, 6.07) is 2.00. The highest BCUT2D eigenvalue weighted by Crippen LogP contribution is 2.32. The van der Waals surface area contributed by atoms with E-state index < -0.39 is 0 Å². The molecule has 1 heterocycles. The molecule has 0 atom stereocenters. The van der Waals surface area contributed by atoms with Crippen LogP contribution in [0.3, 0.4) is 0 Å². The largest absolute Gasteiger partial charge is 0.373 e. The Kier molecular flexibility index (Phi) is 4.04. The quantitative estimate of drug-likeness (QED) is 0.840. The SMILES string of the molecule is CCCc1nc(NC)cc(NC2(C)CCCC2)n1. The first-order chi connectivity index (χ1) is 8.65. The Balaban J connectivity index is 2.17. The molecule has 4 nitrogen and oxygen atoms in total. The molecule has 18 heavy (non-hydrogen) atoms. The van der Waals surface area contributed by atoms with Gasteiger partial charge in [-0.3, -0.25) is 0 Å². The Bertz CT molecular complexity index is 397. The Morgan fingerprint density at radius 2 is 1.89 bits per heavy atom. The highest BCUT2D eigenvalue weighted by atomic mass is 15.1. The van der Waals surface area contributed by atoms with E-state index in [-0.39, 0.29) is 5.54 Å². The Morgan fingerprint density at radius 1 is 1.22 bits per heavy atom. The van der Waals surface area contributed by atoms with Gasteiger partial charge in [0.05, 0.1) is 0 Å². The lowest BCUT2D eigenvalue weighted by Crippen LogP contribution is -2.31. The molecule has 2 rings (SSSR count). The van der Waals surface area contributed by atoms with Crippen LogP contribution in [-0.2, 0) is 6.42 Å². The van der Waals surface area contributed by atoms with Crippen LogP contribution in [0.1, 0.15) is 51.8 Å². The molecule has 0 bridgehead atoms. The maximum Gasteiger partial charge on any atom is 0.133 e. The fraction of sp³-hybridized carbons (Fsp3) is 0.714. The van der Waals surface area contributed by atoms with Crippen LogP contribution in [0.25, 0.3) is 0 Å². The van der Waals surface area contributed by atoms with Crippen molar-refractivity contribution < 1.29 is 0 Å². The average Bonchev–Trinajstić information content (AvgIpc) is 2.75. The minimum absolute atomic E-state index is 0.211. The van der Waals surface area contributed by atoms with E-state index in [0.29, 0.717) is 0 Å². The molecule has 1 aliphatic rings. The molecule has 0 aromatic carbocycles. The lowest BCUT2D eigenvalue weighted by atomic mass is 10.0. The molecule has 4 heteroatoms. The van der Waals surface area contributed by atoms with Gasteiger partial charge in [0.1, 0.15) is 17.5 Å². The Labute approximate surface area is 110 Å². The Hall–Kier alpha value is -1.32. The number of rotatable bonds is 5. The smallest absolute Gasteiger partial charge is 0.133 e. The molecule has 100 valence electrons. The van der Waals surface area contributed by atoms with Crippen LogP contribution >= 0.6 is 0 Å². The van der Waals surface area contributed by atoms with E-state index in [4.69, 9.17) is 0 Å². The first kappa shape index (κ1) is 13.1. The molecule has 0 radical (unpaired) electrons. The third kappa shape index (κ3) is 3.12. The van der Waals surface area contributed by atoms with E-state index >= 15 is 0 Å². The molecule has 0 saturated heterocycles. The summed E-state index contributed by atoms with van der Waals surface area (Å²) in [6.07, 6.45) is 7.10. The standard InChI is InChI=1S/C14H24N4/c1-4-7-11-16-12(15-3)10-13(17-11)18-14(2)8-5-6-9-14/h10H,4-9H2,1-3H3,(H2,15,16,17,18). The van der Waals surface area contributed by atoms with Crippen molar-refractivity contribution in [2.45, 2.75) is 57.9 Å². The third-order valence-electron chi connectivity index (χ3n) is 3.64. The molecule has 1 aromatic heterocycles. The van der Waals surface area contributed by atoms with Crippen molar-refractivity contribution in [3.8, 4) is 0 Å². The fourth-order valence-corrected chi connectivity index (χ4v) is 2.61. The Morgan fingerprint density at radius 3 is 2.50 bits per heavy atom. The molecule has 1 aliphatic carbocycles. The van der Waals surface area contributed by atoms with Crippen molar-refractivity contribution >= 4 is 11.6 Å². The molecule has 1 saturated carbocycles. The zero-order valence-corrected chi connectivity index (χ0v) is 11.7. The average molecular weight is 248 g/mol. The van der Waals surface area contributed by atoms with Crippen LogP contribution in [0.2, 0.25) is 0 Å². The number of nitrogens with one attached hydrogen (secondary N) is 2. The number of hydrogen-bond donors (Lipinski definition) is 2. The predicted octanol–water partition coefficient (Wildman–Crippen LogP) is 3.22. The minimum Gasteiger partial charge on any atom is -0.373 e. The van der Waals surface area contributed by atoms with Gasteiger partial charge in [0.25, 0.3) is 0 Å². The lowest BCUT2D eigenvalue weighted by molar-refractivity contribution is 0.530. The maximum absolute atomic E-state index is 4.62. The topological polar surface area (TPSA) is 49.8 Å². The highest BCUT2D eigenvalue weighted by molar-refractivity contribution is 5.48. The molecule has 1 fully saturated rings. The van der Waals surface area contributed by atoms with Gasteiger partial charge in [0.15, 0.2) is 0 Å². The van der Waals surface area contributed by atoms with E-state index in [9.17, 15) is 0 Å². The van der Waals surface area contributed by atoms with Gasteiger partial charge in [-0.2, -0.15) is 0 Å². The van der Waals surface area contributed by atoms with Gasteiger partial charge >= 0.3 is 0 Å². The zero-order chi connectivity index (χ0) is 13.0. The van der Waals surface area contributed by atoms with E-state index in [1.54, 1.807) is 0 Å². The number of aromatic nitrogens is 2. The van der Waals surface area contributed by atoms with Crippen LogP contribution < -0.4 is 10.6 Å². The fourth-order valence-electron chi connectivity index (χ4n) is 2.61. The van der Waals surface area contributed by atoms with Crippen LogP contribution in [0.15, 0.2) is 6.07 Å². The number of hydrogen-bond acceptors (Lipinski definition) is 4. The molecule has 1 aromatic rings. The van der Waals surface area contributed by atoms with E-state index in [0.717, 1.165) is 30.3 Å². The van der Waals surface area contributed by atoms with Crippen molar-refractivity contribution in [3.05, 3.63) is 11.9 Å². The lowest BCUT2D eigenvalue weighted by Gasteiger charge is -2.26. The maximum atomic E-state index is 4.62. The van der Waals surface area contributed by atoms with Crippen molar-refractivity contribution in [2.75, 3.05) is 17.7 Å². The highest BCUT2D eigenvalue weighted by Gasteiger charge is 2.28. The van der Waals surface area contributed by atoms with Gasteiger partial charge in [0.2, 0.25) is 0 Å². The number of anilines is 2. The van der Waals surface area contributed by atoms with Gasteiger partial charge in [-0.15, -0.1) is 0 Å². The van der Waals surface area contributed by atoms with Gasteiger partial charge < -0.3 is 10.6 Å². The van der Waals surface area contributed by atoms with Crippen LogP contribution in [-0.4, -0.2) is 22.6 Å². The third-order valence-corrected chi connectivity index (χ3v) is 3.64. The summed E-state index contributed by atoms with van der Waals surface area (Å²) in [6.45, 7) is 4.45. The molecule has 0 amide bonds. The molecular weight excluding hydrogens is 224 g/mol. The van der Waals surface area contributed by atoms with E-state index in [1.807, 2.05) is 13.1 Å². The van der Waals surface area contributed by atoms with Gasteiger partial charge in [0, 0.05) is 25.1 Å². The van der Waals surface area contributed by atoms with Crippen LogP contribution in [0, 0.1) is 0 Å². The van der Waals surface area contributed by atoms with Gasteiger partial charge in [-0.05, 0) is 26.2 Å². The summed E-state index contributed by atoms with van der Waals surface area (Å²) in [5, 5.41) is 6.71. The molecule has 0 aliphatic heterocycles. The normalized spacial score (nSPS) is 17.7. The number of aryl methyl sites for hydroxylation is 1. The van der Waals surface area contributed by atoms with E-state index in [1.165, 1.54) is 25.7 Å². The first-order valence-electron chi connectivity index (χ1n) is 6.99. The van der Waals surface area contributed by atoms with Gasteiger partial charge in [-0.25, -0.2) is 9.97 Å². The summed E-state index contributed by atoms with van der Waals surface area (Å²) in [5.74, 6) is 2.79. The van der Waals surface area contributed by atoms with Crippen LogP contribution in [0.5, 0.6) is 0 Å². The molecule has 0 spiro atoms. The summed E-state index contributed by atoms with van der Waals surface area (Å²) < 4.78 is 0. The first-order valence-corrected chi connectivity index (χ1v) is 6.99. The second-order valence-electron chi connectivity index (χ2n) is 5.45. The van der Waals surface area contributed by atoms with Crippen molar-refractivity contribution in [2.24, 2.45) is 0 Å². The monoisotopic (exact) mass is 248 g/mol. The second-order valence-corrected chi connectivity index (χ2v) is 5.45. The van der Waals surface area contributed by atoms with Gasteiger partial charge in [-0.1, -0.05) is 19.8 Å². The van der Waals surface area contributed by atoms with Crippen molar-refractivity contribution in [1.29, 1.82) is 0 Å². The van der Waals surface area contributed by atoms with Crippen molar-refractivity contribution in [1.82, 2.24) is 9.97 Å². The summed E-state index contributed by atoms with van der Waals surface area (Å²) in [7, 11) is 1.90. The number of nitrogens with zero attached hydrogens (tertiary/aromatic N) is 2. The summed E-state index contributed by atoms with van der Waals surface area (Å²) in [4.78, 5) is 9.09. The van der Waals surface area contributed by atoms with E-state index in [2.05, 4.69) is 34.4 Å². The predicted molar refractivity (Wildman–Crippen MR) is 76.1 cm³/mol. The summed E-state index contributed by atoms with van der Waals surface area (Å²) >= 11 is 0. The molecule has 0 unspecified atom stereocenters. The zero-order valence-electron chi connectivity index (χ0n) is 11.7. The molecular formula is C14H24N4. The summed E-state index contributed by atoms with van der Waals surface area (Å²) in [5.41, 5.74) is 0.211.